The highest BCUT2D eigenvalue weighted by Crippen LogP contribution is 2.44. The Kier molecular flexibility index (Phi) is 6.86. The highest BCUT2D eigenvalue weighted by molar-refractivity contribution is 6.46. The lowest BCUT2D eigenvalue weighted by atomic mass is 9.94. The third-order valence-corrected chi connectivity index (χ3v) is 7.02. The maximum Gasteiger partial charge on any atom is 0.295 e. The summed E-state index contributed by atoms with van der Waals surface area (Å²) in [5.41, 5.74) is 2.33. The number of ether oxygens (including phenoxy) is 3. The van der Waals surface area contributed by atoms with Gasteiger partial charge in [-0.1, -0.05) is 41.4 Å². The number of Topliss-reactive ketones (excluding diaryl/α,β-unsaturated/α-hetero) is 1. The van der Waals surface area contributed by atoms with Crippen molar-refractivity contribution < 1.29 is 28.9 Å². The van der Waals surface area contributed by atoms with Crippen molar-refractivity contribution in [1.29, 1.82) is 0 Å². The van der Waals surface area contributed by atoms with Gasteiger partial charge in [0, 0.05) is 31.4 Å². The number of methoxy groups -OCH3 is 1. The van der Waals surface area contributed by atoms with E-state index in [0.717, 1.165) is 11.3 Å². The van der Waals surface area contributed by atoms with E-state index in [0.29, 0.717) is 17.1 Å². The maximum absolute atomic E-state index is 13.5. The minimum atomic E-state index is -0.890. The van der Waals surface area contributed by atoms with Gasteiger partial charge in [-0.3, -0.25) is 9.59 Å². The van der Waals surface area contributed by atoms with Crippen molar-refractivity contribution in [3.8, 4) is 17.2 Å². The highest BCUT2D eigenvalue weighted by Gasteiger charge is 2.46. The van der Waals surface area contributed by atoms with Crippen molar-refractivity contribution in [2.24, 2.45) is 0 Å². The van der Waals surface area contributed by atoms with E-state index in [-0.39, 0.29) is 40.3 Å². The van der Waals surface area contributed by atoms with Crippen molar-refractivity contribution in [3.63, 3.8) is 0 Å². The average molecular weight is 555 g/mol. The first-order valence-corrected chi connectivity index (χ1v) is 12.4. The van der Waals surface area contributed by atoms with Crippen LogP contribution in [0, 0.1) is 0 Å². The second-order valence-corrected chi connectivity index (χ2v) is 9.91. The molecule has 1 unspecified atom stereocenters. The molecule has 2 heterocycles. The molecule has 0 radical (unpaired) electrons. The molecule has 0 aromatic heterocycles. The molecule has 0 saturated carbocycles. The van der Waals surface area contributed by atoms with Gasteiger partial charge in [0.2, 0.25) is 6.79 Å². The summed E-state index contributed by atoms with van der Waals surface area (Å²) in [5.74, 6) is -0.710. The Balaban J connectivity index is 1.66. The normalized spacial score (nSPS) is 17.7. The fourth-order valence-corrected chi connectivity index (χ4v) is 5.24. The van der Waals surface area contributed by atoms with Crippen molar-refractivity contribution in [1.82, 2.24) is 4.90 Å². The van der Waals surface area contributed by atoms with Gasteiger partial charge in [0.15, 0.2) is 11.5 Å². The van der Waals surface area contributed by atoms with Crippen molar-refractivity contribution in [3.05, 3.63) is 86.9 Å². The first-order valence-electron chi connectivity index (χ1n) is 11.7. The summed E-state index contributed by atoms with van der Waals surface area (Å²) in [4.78, 5) is 30.2. The molecule has 0 spiro atoms. The van der Waals surface area contributed by atoms with E-state index < -0.39 is 23.5 Å². The van der Waals surface area contributed by atoms with Gasteiger partial charge >= 0.3 is 0 Å². The topological polar surface area (TPSA) is 88.5 Å². The molecule has 1 amide bonds. The van der Waals surface area contributed by atoms with E-state index >= 15 is 0 Å². The standard InChI is InChI=1S/C28H24Cl2N2O6/c1-31(2)18-7-5-16(6-8-18)24-23(25(33)19-11-17(29)12-20(30)27(19)36-3)26(34)28(35)32(24)13-15-4-9-21-22(10-15)38-14-37-21/h4-12,24,33H,13-14H2,1-3H3/b25-23+. The number of carbonyl (C=O) groups excluding carboxylic acids is 2. The molecular weight excluding hydrogens is 531 g/mol. The van der Waals surface area contributed by atoms with E-state index in [1.54, 1.807) is 18.2 Å². The number of fused-ring (bicyclic) bond motifs is 1. The summed E-state index contributed by atoms with van der Waals surface area (Å²) >= 11 is 12.5. The minimum Gasteiger partial charge on any atom is -0.507 e. The van der Waals surface area contributed by atoms with Crippen molar-refractivity contribution >= 4 is 46.3 Å². The number of halogens is 2. The number of carbonyl (C=O) groups is 2. The van der Waals surface area contributed by atoms with E-state index in [1.165, 1.54) is 24.1 Å². The molecule has 10 heteroatoms. The number of aliphatic hydroxyl groups excluding tert-OH is 1. The number of ketones is 1. The zero-order chi connectivity index (χ0) is 27.1. The van der Waals surface area contributed by atoms with Gasteiger partial charge in [-0.15, -0.1) is 0 Å². The number of anilines is 1. The summed E-state index contributed by atoms with van der Waals surface area (Å²) in [6.07, 6.45) is 0. The van der Waals surface area contributed by atoms with Gasteiger partial charge in [-0.2, -0.15) is 0 Å². The number of hydrogen-bond donors (Lipinski definition) is 1. The largest absolute Gasteiger partial charge is 0.507 e. The lowest BCUT2D eigenvalue weighted by molar-refractivity contribution is -0.140. The molecule has 1 atom stereocenters. The van der Waals surface area contributed by atoms with Crippen LogP contribution in [0.15, 0.2) is 60.2 Å². The second-order valence-electron chi connectivity index (χ2n) is 9.07. The SMILES string of the molecule is COc1c(Cl)cc(Cl)cc1/C(O)=C1\C(=O)C(=O)N(Cc2ccc3c(c2)OCO3)C1c1ccc(N(C)C)cc1. The molecule has 1 N–H and O–H groups in total. The van der Waals surface area contributed by atoms with E-state index in [1.807, 2.05) is 43.3 Å². The maximum atomic E-state index is 13.5. The molecule has 0 bridgehead atoms. The first-order chi connectivity index (χ1) is 18.2. The predicted molar refractivity (Wildman–Crippen MR) is 144 cm³/mol. The van der Waals surface area contributed by atoms with Crippen LogP contribution >= 0.6 is 23.2 Å². The molecule has 5 rings (SSSR count). The van der Waals surface area contributed by atoms with Gasteiger partial charge in [-0.25, -0.2) is 0 Å². The van der Waals surface area contributed by atoms with Crippen molar-refractivity contribution in [2.75, 3.05) is 32.9 Å². The Bertz CT molecular complexity index is 1470. The van der Waals surface area contributed by atoms with Crippen LogP contribution in [0.2, 0.25) is 10.0 Å². The Morgan fingerprint density at radius 2 is 1.76 bits per heavy atom. The quantitative estimate of drug-likeness (QED) is 0.247. The van der Waals surface area contributed by atoms with E-state index in [9.17, 15) is 14.7 Å². The average Bonchev–Trinajstić information content (AvgIpc) is 3.46. The molecule has 196 valence electrons. The third kappa shape index (κ3) is 4.50. The first kappa shape index (κ1) is 25.8. The zero-order valence-electron chi connectivity index (χ0n) is 20.8. The number of amides is 1. The molecule has 8 nitrogen and oxygen atoms in total. The monoisotopic (exact) mass is 554 g/mol. The van der Waals surface area contributed by atoms with Crippen LogP contribution in [0.5, 0.6) is 17.2 Å². The number of benzene rings is 3. The molecule has 0 aliphatic carbocycles. The van der Waals surface area contributed by atoms with Gasteiger partial charge in [0.05, 0.1) is 29.3 Å². The fraction of sp³-hybridized carbons (Fsp3) is 0.214. The van der Waals surface area contributed by atoms with Crippen LogP contribution < -0.4 is 19.1 Å². The van der Waals surface area contributed by atoms with Crippen LogP contribution in [-0.2, 0) is 16.1 Å². The Labute approximate surface area is 229 Å². The summed E-state index contributed by atoms with van der Waals surface area (Å²) in [6.45, 7) is 0.205. The summed E-state index contributed by atoms with van der Waals surface area (Å²) in [6, 6.07) is 14.8. The molecule has 3 aromatic rings. The minimum absolute atomic E-state index is 0.0888. The van der Waals surface area contributed by atoms with E-state index in [4.69, 9.17) is 37.4 Å². The zero-order valence-corrected chi connectivity index (χ0v) is 22.3. The summed E-state index contributed by atoms with van der Waals surface area (Å²) < 4.78 is 16.3. The van der Waals surface area contributed by atoms with E-state index in [2.05, 4.69) is 0 Å². The molecule has 1 fully saturated rings. The summed E-state index contributed by atoms with van der Waals surface area (Å²) in [7, 11) is 5.22. The number of aliphatic hydroxyl groups is 1. The fourth-order valence-electron chi connectivity index (χ4n) is 4.67. The number of likely N-dealkylation sites (tertiary alicyclic amines) is 1. The Morgan fingerprint density at radius 1 is 1.05 bits per heavy atom. The van der Waals surface area contributed by atoms with Crippen LogP contribution in [0.3, 0.4) is 0 Å². The van der Waals surface area contributed by atoms with Crippen LogP contribution in [-0.4, -0.2) is 49.7 Å². The molecule has 2 aliphatic rings. The Hall–Kier alpha value is -3.88. The lowest BCUT2D eigenvalue weighted by Crippen LogP contribution is -2.29. The van der Waals surface area contributed by atoms with Gasteiger partial charge in [0.1, 0.15) is 11.5 Å². The van der Waals surface area contributed by atoms with Gasteiger partial charge in [0.25, 0.3) is 11.7 Å². The smallest absolute Gasteiger partial charge is 0.295 e. The highest BCUT2D eigenvalue weighted by atomic mass is 35.5. The second kappa shape index (κ2) is 10.1. The van der Waals surface area contributed by atoms with Crippen LogP contribution in [0.1, 0.15) is 22.7 Å². The third-order valence-electron chi connectivity index (χ3n) is 6.52. The molecule has 38 heavy (non-hydrogen) atoms. The lowest BCUT2D eigenvalue weighted by Gasteiger charge is -2.26. The number of hydrogen-bond acceptors (Lipinski definition) is 7. The molecule has 2 aliphatic heterocycles. The van der Waals surface area contributed by atoms with Gasteiger partial charge in [-0.05, 0) is 47.5 Å². The Morgan fingerprint density at radius 3 is 2.45 bits per heavy atom. The molecule has 1 saturated heterocycles. The predicted octanol–water partition coefficient (Wildman–Crippen LogP) is 5.42. The molecule has 3 aromatic carbocycles. The number of nitrogens with zero attached hydrogens (tertiary/aromatic N) is 2. The molecular formula is C28H24Cl2N2O6. The van der Waals surface area contributed by atoms with Crippen molar-refractivity contribution in [2.45, 2.75) is 12.6 Å². The van der Waals surface area contributed by atoms with Gasteiger partial charge < -0.3 is 29.1 Å². The summed E-state index contributed by atoms with van der Waals surface area (Å²) in [5, 5.41) is 11.9. The van der Waals surface area contributed by atoms with Crippen LogP contribution in [0.25, 0.3) is 5.76 Å². The van der Waals surface area contributed by atoms with Crippen LogP contribution in [0.4, 0.5) is 5.69 Å². The number of rotatable bonds is 6.